The van der Waals surface area contributed by atoms with Gasteiger partial charge in [-0.2, -0.15) is 5.10 Å². The highest BCUT2D eigenvalue weighted by Crippen LogP contribution is 2.24. The monoisotopic (exact) mass is 294 g/mol. The molecule has 0 saturated carbocycles. The molecule has 1 N–H and O–H groups in total. The van der Waals surface area contributed by atoms with E-state index >= 15 is 0 Å². The summed E-state index contributed by atoms with van der Waals surface area (Å²) in [6, 6.07) is 7.18. The molecular weight excluding hydrogens is 276 g/mol. The second-order valence-corrected chi connectivity index (χ2v) is 5.75. The molecule has 0 bridgehead atoms. The van der Waals surface area contributed by atoms with E-state index in [4.69, 9.17) is 4.74 Å². The fourth-order valence-electron chi connectivity index (χ4n) is 1.79. The molecule has 0 aliphatic rings. The van der Waals surface area contributed by atoms with Gasteiger partial charge in [0.2, 0.25) is 0 Å². The number of aliphatic hydroxyl groups is 1. The van der Waals surface area contributed by atoms with Crippen molar-refractivity contribution in [1.29, 1.82) is 0 Å². The lowest BCUT2D eigenvalue weighted by atomic mass is 10.3. The van der Waals surface area contributed by atoms with Crippen molar-refractivity contribution in [1.82, 2.24) is 9.78 Å². The van der Waals surface area contributed by atoms with E-state index in [0.717, 1.165) is 10.6 Å². The zero-order valence-corrected chi connectivity index (χ0v) is 12.4. The standard InChI is InChI=1S/C14H18N2O3S/c1-3-19-9-11(17)8-16-14(18)7-5-12(15-16)13-6-4-10(2)20-13/h4-7,11,17H,3,8-9H2,1-2H3/t11-/m0/s1. The summed E-state index contributed by atoms with van der Waals surface area (Å²) in [5.41, 5.74) is 0.517. The Kier molecular flexibility index (Phi) is 5.05. The number of ether oxygens (including phenoxy) is 1. The quantitative estimate of drug-likeness (QED) is 0.880. The van der Waals surface area contributed by atoms with E-state index in [1.54, 1.807) is 17.4 Å². The van der Waals surface area contributed by atoms with Crippen LogP contribution in [0.1, 0.15) is 11.8 Å². The van der Waals surface area contributed by atoms with Gasteiger partial charge in [0.25, 0.3) is 5.56 Å². The first kappa shape index (κ1) is 14.9. The molecule has 0 fully saturated rings. The first-order valence-electron chi connectivity index (χ1n) is 6.51. The van der Waals surface area contributed by atoms with Crippen LogP contribution in [-0.4, -0.2) is 34.2 Å². The Hall–Kier alpha value is -1.50. The molecule has 108 valence electrons. The lowest BCUT2D eigenvalue weighted by Gasteiger charge is -2.12. The highest BCUT2D eigenvalue weighted by molar-refractivity contribution is 7.15. The van der Waals surface area contributed by atoms with E-state index in [-0.39, 0.29) is 18.7 Å². The topological polar surface area (TPSA) is 64.3 Å². The van der Waals surface area contributed by atoms with Crippen LogP contribution in [0.2, 0.25) is 0 Å². The lowest BCUT2D eigenvalue weighted by Crippen LogP contribution is -2.30. The summed E-state index contributed by atoms with van der Waals surface area (Å²) >= 11 is 1.62. The van der Waals surface area contributed by atoms with Crippen LogP contribution in [0.15, 0.2) is 29.1 Å². The summed E-state index contributed by atoms with van der Waals surface area (Å²) in [4.78, 5) is 14.0. The van der Waals surface area contributed by atoms with Crippen LogP contribution in [-0.2, 0) is 11.3 Å². The number of rotatable bonds is 6. The lowest BCUT2D eigenvalue weighted by molar-refractivity contribution is 0.0309. The van der Waals surface area contributed by atoms with E-state index in [9.17, 15) is 9.90 Å². The van der Waals surface area contributed by atoms with Gasteiger partial charge in [0, 0.05) is 17.6 Å². The van der Waals surface area contributed by atoms with Gasteiger partial charge in [-0.3, -0.25) is 4.79 Å². The molecule has 0 spiro atoms. The maximum atomic E-state index is 11.8. The molecule has 1 atom stereocenters. The van der Waals surface area contributed by atoms with Crippen LogP contribution in [0, 0.1) is 6.92 Å². The smallest absolute Gasteiger partial charge is 0.266 e. The summed E-state index contributed by atoms with van der Waals surface area (Å²) in [6.07, 6.45) is -0.736. The molecule has 0 unspecified atom stereocenters. The maximum Gasteiger partial charge on any atom is 0.266 e. The molecule has 2 aromatic rings. The Bertz CT molecular complexity index is 621. The second-order valence-electron chi connectivity index (χ2n) is 4.46. The predicted molar refractivity (Wildman–Crippen MR) is 79.0 cm³/mol. The third kappa shape index (κ3) is 3.75. The van der Waals surface area contributed by atoms with Gasteiger partial charge in [-0.1, -0.05) is 0 Å². The minimum atomic E-state index is -0.736. The van der Waals surface area contributed by atoms with Crippen LogP contribution in [0.3, 0.4) is 0 Å². The van der Waals surface area contributed by atoms with Crippen LogP contribution >= 0.6 is 11.3 Å². The normalized spacial score (nSPS) is 12.6. The van der Waals surface area contributed by atoms with Gasteiger partial charge in [0.1, 0.15) is 5.69 Å². The molecule has 2 heterocycles. The minimum absolute atomic E-state index is 0.136. The number of thiophene rings is 1. The largest absolute Gasteiger partial charge is 0.389 e. The van der Waals surface area contributed by atoms with Crippen LogP contribution in [0.25, 0.3) is 10.6 Å². The zero-order valence-electron chi connectivity index (χ0n) is 11.6. The van der Waals surface area contributed by atoms with Crippen LogP contribution in [0.4, 0.5) is 0 Å². The number of aryl methyl sites for hydroxylation is 1. The Balaban J connectivity index is 2.19. The first-order chi connectivity index (χ1) is 9.60. The Morgan fingerprint density at radius 2 is 2.20 bits per heavy atom. The van der Waals surface area contributed by atoms with Crippen LogP contribution in [0.5, 0.6) is 0 Å². The van der Waals surface area contributed by atoms with Gasteiger partial charge >= 0.3 is 0 Å². The fourth-order valence-corrected chi connectivity index (χ4v) is 2.62. The first-order valence-corrected chi connectivity index (χ1v) is 7.32. The molecule has 20 heavy (non-hydrogen) atoms. The van der Waals surface area contributed by atoms with Crippen molar-refractivity contribution in [2.24, 2.45) is 0 Å². The summed E-state index contributed by atoms with van der Waals surface area (Å²) in [5.74, 6) is 0. The Labute approximate surface area is 121 Å². The molecule has 0 radical (unpaired) electrons. The Morgan fingerprint density at radius 3 is 2.85 bits per heavy atom. The fraction of sp³-hybridized carbons (Fsp3) is 0.429. The molecule has 0 saturated heterocycles. The van der Waals surface area contributed by atoms with Crippen LogP contribution < -0.4 is 5.56 Å². The number of hydrogen-bond donors (Lipinski definition) is 1. The van der Waals surface area contributed by atoms with Crippen molar-refractivity contribution in [2.75, 3.05) is 13.2 Å². The molecular formula is C14H18N2O3S. The summed E-state index contributed by atoms with van der Waals surface area (Å²) < 4.78 is 6.42. The SMILES string of the molecule is CCOC[C@@H](O)Cn1nc(-c2ccc(C)s2)ccc1=O. The van der Waals surface area contributed by atoms with E-state index in [1.807, 2.05) is 26.0 Å². The zero-order chi connectivity index (χ0) is 14.5. The number of nitrogens with zero attached hydrogens (tertiary/aromatic N) is 2. The molecule has 2 rings (SSSR count). The molecule has 2 aromatic heterocycles. The molecule has 0 aromatic carbocycles. The molecule has 5 nitrogen and oxygen atoms in total. The van der Waals surface area contributed by atoms with E-state index in [2.05, 4.69) is 5.10 Å². The number of hydrogen-bond acceptors (Lipinski definition) is 5. The second kappa shape index (κ2) is 6.78. The summed E-state index contributed by atoms with van der Waals surface area (Å²) in [6.45, 7) is 4.75. The van der Waals surface area contributed by atoms with Crippen molar-refractivity contribution >= 4 is 11.3 Å². The highest BCUT2D eigenvalue weighted by Gasteiger charge is 2.10. The van der Waals surface area contributed by atoms with E-state index in [0.29, 0.717) is 6.61 Å². The van der Waals surface area contributed by atoms with Gasteiger partial charge in [-0.15, -0.1) is 11.3 Å². The van der Waals surface area contributed by atoms with Crippen molar-refractivity contribution in [2.45, 2.75) is 26.5 Å². The van der Waals surface area contributed by atoms with Gasteiger partial charge in [-0.25, -0.2) is 4.68 Å². The summed E-state index contributed by atoms with van der Waals surface area (Å²) in [5, 5.41) is 14.1. The van der Waals surface area contributed by atoms with Gasteiger partial charge in [-0.05, 0) is 32.0 Å². The van der Waals surface area contributed by atoms with Crippen molar-refractivity contribution in [3.05, 3.63) is 39.5 Å². The van der Waals surface area contributed by atoms with Crippen molar-refractivity contribution in [3.63, 3.8) is 0 Å². The average Bonchev–Trinajstić information content (AvgIpc) is 2.85. The van der Waals surface area contributed by atoms with Gasteiger partial charge in [0.05, 0.1) is 24.1 Å². The van der Waals surface area contributed by atoms with Gasteiger partial charge < -0.3 is 9.84 Å². The Morgan fingerprint density at radius 1 is 1.40 bits per heavy atom. The van der Waals surface area contributed by atoms with Gasteiger partial charge in [0.15, 0.2) is 0 Å². The number of aliphatic hydroxyl groups excluding tert-OH is 1. The molecule has 0 aliphatic carbocycles. The maximum absolute atomic E-state index is 11.8. The molecule has 0 aliphatic heterocycles. The van der Waals surface area contributed by atoms with Crippen molar-refractivity contribution in [3.8, 4) is 10.6 Å². The third-order valence-electron chi connectivity index (χ3n) is 2.76. The molecule has 0 amide bonds. The number of aromatic nitrogens is 2. The van der Waals surface area contributed by atoms with Crippen molar-refractivity contribution < 1.29 is 9.84 Å². The van der Waals surface area contributed by atoms with E-state index < -0.39 is 6.10 Å². The molecule has 6 heteroatoms. The minimum Gasteiger partial charge on any atom is -0.389 e. The average molecular weight is 294 g/mol. The highest BCUT2D eigenvalue weighted by atomic mass is 32.1. The summed E-state index contributed by atoms with van der Waals surface area (Å²) in [7, 11) is 0. The third-order valence-corrected chi connectivity index (χ3v) is 3.78. The predicted octanol–water partition coefficient (Wildman–Crippen LogP) is 1.68. The van der Waals surface area contributed by atoms with E-state index in [1.165, 1.54) is 15.6 Å².